The van der Waals surface area contributed by atoms with E-state index in [1.54, 1.807) is 28.2 Å². The van der Waals surface area contributed by atoms with E-state index in [1.165, 1.54) is 38.9 Å². The molecule has 5 rings (SSSR count). The fourth-order valence-electron chi connectivity index (χ4n) is 3.51. The van der Waals surface area contributed by atoms with Crippen LogP contribution in [0.5, 0.6) is 0 Å². The van der Waals surface area contributed by atoms with Crippen molar-refractivity contribution >= 4 is 10.9 Å². The van der Waals surface area contributed by atoms with Gasteiger partial charge in [-0.3, -0.25) is 6.08 Å². The predicted molar refractivity (Wildman–Crippen MR) is 127 cm³/mol. The van der Waals surface area contributed by atoms with E-state index in [2.05, 4.69) is 77.7 Å². The van der Waals surface area contributed by atoms with Gasteiger partial charge in [0, 0.05) is 18.0 Å². The SMILES string of the molecule is C[N-]C.C[N-]C.Cc1ccc2c(c1)c1c(n2C)-c2ccc[c-]c2C1.[C-]1=CC=CC1.[Zr+4]. The Morgan fingerprint density at radius 3 is 2.30 bits per heavy atom. The Morgan fingerprint density at radius 2 is 1.73 bits per heavy atom. The second kappa shape index (κ2) is 13.5. The first-order valence-corrected chi connectivity index (χ1v) is 9.84. The van der Waals surface area contributed by atoms with Crippen molar-refractivity contribution in [1.29, 1.82) is 0 Å². The van der Waals surface area contributed by atoms with Crippen LogP contribution < -0.4 is 0 Å². The second-order valence-corrected chi connectivity index (χ2v) is 7.04. The Bertz CT molecular complexity index is 971. The molecule has 0 radical (unpaired) electrons. The minimum absolute atomic E-state index is 0. The fourth-order valence-corrected chi connectivity index (χ4v) is 3.51. The molecule has 0 unspecified atom stereocenters. The molecule has 0 N–H and O–H groups in total. The number of hydrogen-bond acceptors (Lipinski definition) is 0. The maximum Gasteiger partial charge on any atom is 4.00 e. The van der Waals surface area contributed by atoms with Crippen molar-refractivity contribution in [2.45, 2.75) is 19.8 Å². The largest absolute Gasteiger partial charge is 4.00 e. The maximum absolute atomic E-state index is 3.50. The molecule has 2 aromatic carbocycles. The van der Waals surface area contributed by atoms with Crippen molar-refractivity contribution in [3.63, 3.8) is 0 Å². The van der Waals surface area contributed by atoms with Crippen LogP contribution in [-0.2, 0) is 39.7 Å². The van der Waals surface area contributed by atoms with Crippen LogP contribution in [-0.4, -0.2) is 32.8 Å². The molecule has 0 saturated carbocycles. The summed E-state index contributed by atoms with van der Waals surface area (Å²) in [5, 5.41) is 8.40. The molecule has 0 atom stereocenters. The number of aryl methyl sites for hydroxylation is 2. The van der Waals surface area contributed by atoms with Gasteiger partial charge < -0.3 is 15.2 Å². The van der Waals surface area contributed by atoms with Crippen LogP contribution in [0.3, 0.4) is 0 Å². The summed E-state index contributed by atoms with van der Waals surface area (Å²) in [5.74, 6) is 0. The number of rotatable bonds is 0. The topological polar surface area (TPSA) is 33.1 Å². The molecule has 3 aromatic rings. The van der Waals surface area contributed by atoms with E-state index in [4.69, 9.17) is 0 Å². The standard InChI is InChI=1S/C17H14N.C5H5.2C2H6N.Zr/c1-11-7-8-16-14(9-11)15-10-12-5-3-4-6-13(12)17(15)18(16)2;1-2-4-5-3-1;2*1-3-2;/h3-4,6-9H,10H2,1-2H3;1-3H,4H2;2*1-2H3;/q4*-1;+4. The van der Waals surface area contributed by atoms with E-state index in [0.717, 1.165) is 12.8 Å². The van der Waals surface area contributed by atoms with Gasteiger partial charge in [-0.1, -0.05) is 11.6 Å². The minimum Gasteiger partial charge on any atom is -0.668 e. The fraction of sp³-hybridized carbons (Fsp3) is 0.308. The molecule has 2 aliphatic rings. The van der Waals surface area contributed by atoms with Gasteiger partial charge in [-0.15, -0.1) is 17.5 Å². The molecular weight excluding hydrogens is 446 g/mol. The van der Waals surface area contributed by atoms with Gasteiger partial charge in [0.25, 0.3) is 0 Å². The van der Waals surface area contributed by atoms with Crippen LogP contribution in [0.25, 0.3) is 32.8 Å². The molecule has 154 valence electrons. The maximum atomic E-state index is 3.50. The Labute approximate surface area is 201 Å². The minimum atomic E-state index is 0. The van der Waals surface area contributed by atoms with Crippen molar-refractivity contribution in [1.82, 2.24) is 4.57 Å². The molecular formula is C26H31N3Zr. The van der Waals surface area contributed by atoms with Crippen LogP contribution in [0.2, 0.25) is 0 Å². The van der Waals surface area contributed by atoms with Crippen molar-refractivity contribution in [3.8, 4) is 11.3 Å². The number of nitrogens with zero attached hydrogens (tertiary/aromatic N) is 3. The third-order valence-electron chi connectivity index (χ3n) is 4.60. The van der Waals surface area contributed by atoms with Crippen LogP contribution >= 0.6 is 0 Å². The van der Waals surface area contributed by atoms with E-state index in [0.29, 0.717) is 0 Å². The Hall–Kier alpha value is -1.74. The molecule has 2 aliphatic carbocycles. The molecule has 3 nitrogen and oxygen atoms in total. The number of fused-ring (bicyclic) bond motifs is 5. The number of aromatic nitrogens is 1. The normalized spacial score (nSPS) is 11.8. The third kappa shape index (κ3) is 6.38. The Balaban J connectivity index is 0.000000315. The first-order valence-electron chi connectivity index (χ1n) is 9.84. The van der Waals surface area contributed by atoms with Gasteiger partial charge >= 0.3 is 26.2 Å². The molecule has 4 heteroatoms. The molecule has 0 saturated heterocycles. The van der Waals surface area contributed by atoms with E-state index in [1.807, 2.05) is 18.2 Å². The predicted octanol–water partition coefficient (Wildman–Crippen LogP) is 6.40. The average molecular weight is 477 g/mol. The summed E-state index contributed by atoms with van der Waals surface area (Å²) < 4.78 is 2.32. The van der Waals surface area contributed by atoms with Gasteiger partial charge in [0.2, 0.25) is 0 Å². The zero-order chi connectivity index (χ0) is 21.2. The van der Waals surface area contributed by atoms with Crippen LogP contribution in [0.15, 0.2) is 54.6 Å². The number of allylic oxidation sites excluding steroid dienone is 4. The van der Waals surface area contributed by atoms with Gasteiger partial charge in [-0.05, 0) is 36.7 Å². The molecule has 0 spiro atoms. The second-order valence-electron chi connectivity index (χ2n) is 7.04. The smallest absolute Gasteiger partial charge is 0.668 e. The zero-order valence-corrected chi connectivity index (χ0v) is 21.4. The first-order chi connectivity index (χ1) is 14.1. The third-order valence-corrected chi connectivity index (χ3v) is 4.60. The monoisotopic (exact) mass is 475 g/mol. The van der Waals surface area contributed by atoms with Crippen LogP contribution in [0.4, 0.5) is 0 Å². The van der Waals surface area contributed by atoms with Crippen molar-refractivity contribution < 1.29 is 26.2 Å². The van der Waals surface area contributed by atoms with Crippen molar-refractivity contribution in [2.24, 2.45) is 7.05 Å². The van der Waals surface area contributed by atoms with Crippen molar-refractivity contribution in [2.75, 3.05) is 28.2 Å². The summed E-state index contributed by atoms with van der Waals surface area (Å²) in [6.07, 6.45) is 11.0. The molecule has 0 bridgehead atoms. The summed E-state index contributed by atoms with van der Waals surface area (Å²) in [5.41, 5.74) is 8.19. The molecule has 0 aliphatic heterocycles. The van der Waals surface area contributed by atoms with E-state index < -0.39 is 0 Å². The Morgan fingerprint density at radius 1 is 1.03 bits per heavy atom. The number of hydrogen-bond donors (Lipinski definition) is 0. The van der Waals surface area contributed by atoms with Gasteiger partial charge in [-0.2, -0.15) is 58.5 Å². The van der Waals surface area contributed by atoms with E-state index in [9.17, 15) is 0 Å². The molecule has 0 amide bonds. The Kier molecular flexibility index (Phi) is 11.9. The van der Waals surface area contributed by atoms with Crippen LogP contribution in [0.1, 0.15) is 23.1 Å². The summed E-state index contributed by atoms with van der Waals surface area (Å²) in [4.78, 5) is 0. The van der Waals surface area contributed by atoms with Gasteiger partial charge in [0.1, 0.15) is 0 Å². The van der Waals surface area contributed by atoms with E-state index >= 15 is 0 Å². The van der Waals surface area contributed by atoms with Crippen LogP contribution in [0, 0.1) is 19.1 Å². The van der Waals surface area contributed by atoms with E-state index in [-0.39, 0.29) is 26.2 Å². The molecule has 30 heavy (non-hydrogen) atoms. The first kappa shape index (κ1) is 26.3. The summed E-state index contributed by atoms with van der Waals surface area (Å²) in [7, 11) is 9.17. The quantitative estimate of drug-likeness (QED) is 0.263. The van der Waals surface area contributed by atoms with Crippen molar-refractivity contribution in [3.05, 3.63) is 94.1 Å². The zero-order valence-electron chi connectivity index (χ0n) is 19.0. The molecule has 0 fully saturated rings. The van der Waals surface area contributed by atoms with Gasteiger partial charge in [0.15, 0.2) is 0 Å². The van der Waals surface area contributed by atoms with Gasteiger partial charge in [-0.25, -0.2) is 12.2 Å². The summed E-state index contributed by atoms with van der Waals surface area (Å²) >= 11 is 0. The molecule has 1 heterocycles. The molecule has 1 aromatic heterocycles. The number of benzene rings is 2. The van der Waals surface area contributed by atoms with Gasteiger partial charge in [0.05, 0.1) is 0 Å². The summed E-state index contributed by atoms with van der Waals surface area (Å²) in [6, 6.07) is 16.4. The average Bonchev–Trinajstić information content (AvgIpc) is 3.44. The summed E-state index contributed by atoms with van der Waals surface area (Å²) in [6.45, 7) is 2.16.